The van der Waals surface area contributed by atoms with E-state index < -0.39 is 0 Å². The fraction of sp³-hybridized carbons (Fsp3) is 0.952. The van der Waals surface area contributed by atoms with Crippen molar-refractivity contribution in [2.75, 3.05) is 0 Å². The molecule has 0 amide bonds. The fourth-order valence-electron chi connectivity index (χ4n) is 7.58. The predicted octanol–water partition coefficient (Wildman–Crippen LogP) is 4.32. The highest BCUT2D eigenvalue weighted by atomic mass is 16.5. The zero-order chi connectivity index (χ0) is 17.1. The highest BCUT2D eigenvalue weighted by molar-refractivity contribution is 5.66. The van der Waals surface area contributed by atoms with Gasteiger partial charge in [-0.25, -0.2) is 0 Å². The molecule has 0 aromatic rings. The number of hydrogen-bond donors (Lipinski definition) is 1. The van der Waals surface area contributed by atoms with Crippen molar-refractivity contribution in [2.24, 2.45) is 34.5 Å². The summed E-state index contributed by atoms with van der Waals surface area (Å²) >= 11 is 0. The second-order valence-corrected chi connectivity index (χ2v) is 9.81. The van der Waals surface area contributed by atoms with Crippen LogP contribution in [0, 0.1) is 34.5 Å². The Hall–Kier alpha value is -0.570. The number of ether oxygens (including phenoxy) is 1. The van der Waals surface area contributed by atoms with Gasteiger partial charge in [0, 0.05) is 12.3 Å². The molecular formula is C21H34O3. The van der Waals surface area contributed by atoms with Gasteiger partial charge in [-0.3, -0.25) is 4.79 Å². The van der Waals surface area contributed by atoms with Gasteiger partial charge in [0.25, 0.3) is 0 Å². The Bertz CT molecular complexity index is 517. The average Bonchev–Trinajstić information content (AvgIpc) is 2.84. The molecule has 0 aliphatic heterocycles. The normalized spacial score (nSPS) is 53.7. The van der Waals surface area contributed by atoms with E-state index in [0.29, 0.717) is 5.41 Å². The van der Waals surface area contributed by atoms with Gasteiger partial charge in [0.15, 0.2) is 0 Å². The van der Waals surface area contributed by atoms with Crippen LogP contribution in [0.3, 0.4) is 0 Å². The molecule has 4 aliphatic rings. The van der Waals surface area contributed by atoms with E-state index in [1.54, 1.807) is 6.92 Å². The van der Waals surface area contributed by atoms with Crippen molar-refractivity contribution in [2.45, 2.75) is 90.8 Å². The Morgan fingerprint density at radius 3 is 2.42 bits per heavy atom. The standard InChI is InChI=1S/C21H34O3/c1-13(22)24-19-7-6-17-16-5-4-14-12-15(23)8-10-20(14,2)18(16)9-11-21(17,19)3/h14-19,23H,4-12H2,1-3H3/t14-,15-,16-,17-,18-,19-,20-,21-/m0/s1. The average molecular weight is 335 g/mol. The minimum atomic E-state index is -0.110. The van der Waals surface area contributed by atoms with E-state index in [9.17, 15) is 9.90 Å². The van der Waals surface area contributed by atoms with E-state index in [2.05, 4.69) is 13.8 Å². The molecule has 1 N–H and O–H groups in total. The third kappa shape index (κ3) is 2.37. The van der Waals surface area contributed by atoms with Gasteiger partial charge in [-0.15, -0.1) is 0 Å². The van der Waals surface area contributed by atoms with E-state index in [4.69, 9.17) is 4.74 Å². The molecule has 3 heteroatoms. The van der Waals surface area contributed by atoms with Crippen LogP contribution in [-0.2, 0) is 9.53 Å². The lowest BCUT2D eigenvalue weighted by Gasteiger charge is -2.60. The lowest BCUT2D eigenvalue weighted by atomic mass is 9.45. The van der Waals surface area contributed by atoms with Gasteiger partial charge in [0.2, 0.25) is 0 Å². The van der Waals surface area contributed by atoms with Crippen molar-refractivity contribution >= 4 is 5.97 Å². The maximum atomic E-state index is 11.5. The minimum Gasteiger partial charge on any atom is -0.462 e. The van der Waals surface area contributed by atoms with Crippen molar-refractivity contribution in [3.05, 3.63) is 0 Å². The second kappa shape index (κ2) is 5.72. The maximum Gasteiger partial charge on any atom is 0.302 e. The van der Waals surface area contributed by atoms with Gasteiger partial charge in [0.05, 0.1) is 6.10 Å². The van der Waals surface area contributed by atoms with Crippen LogP contribution in [0.4, 0.5) is 0 Å². The molecule has 0 unspecified atom stereocenters. The third-order valence-corrected chi connectivity index (χ3v) is 8.86. The molecule has 0 heterocycles. The Balaban J connectivity index is 1.57. The van der Waals surface area contributed by atoms with E-state index in [0.717, 1.165) is 42.9 Å². The van der Waals surface area contributed by atoms with Crippen LogP contribution in [0.5, 0.6) is 0 Å². The molecule has 24 heavy (non-hydrogen) atoms. The molecule has 4 saturated carbocycles. The van der Waals surface area contributed by atoms with Crippen LogP contribution < -0.4 is 0 Å². The van der Waals surface area contributed by atoms with Crippen molar-refractivity contribution in [3.63, 3.8) is 0 Å². The number of fused-ring (bicyclic) bond motifs is 5. The van der Waals surface area contributed by atoms with Crippen LogP contribution in [0.2, 0.25) is 0 Å². The lowest BCUT2D eigenvalue weighted by molar-refractivity contribution is -0.163. The molecule has 136 valence electrons. The first-order valence-corrected chi connectivity index (χ1v) is 10.2. The smallest absolute Gasteiger partial charge is 0.302 e. The second-order valence-electron chi connectivity index (χ2n) is 9.81. The fourth-order valence-corrected chi connectivity index (χ4v) is 7.58. The lowest BCUT2D eigenvalue weighted by Crippen LogP contribution is -2.54. The van der Waals surface area contributed by atoms with Crippen LogP contribution in [-0.4, -0.2) is 23.3 Å². The summed E-state index contributed by atoms with van der Waals surface area (Å²) in [7, 11) is 0. The first-order valence-electron chi connectivity index (χ1n) is 10.2. The summed E-state index contributed by atoms with van der Waals surface area (Å²) in [5.41, 5.74) is 0.632. The molecule has 4 aliphatic carbocycles. The number of aliphatic hydroxyl groups is 1. The molecular weight excluding hydrogens is 300 g/mol. The molecule has 0 spiro atoms. The zero-order valence-electron chi connectivity index (χ0n) is 15.6. The largest absolute Gasteiger partial charge is 0.462 e. The Kier molecular flexibility index (Phi) is 4.02. The van der Waals surface area contributed by atoms with Crippen LogP contribution in [0.1, 0.15) is 78.6 Å². The van der Waals surface area contributed by atoms with Crippen LogP contribution in [0.25, 0.3) is 0 Å². The number of carbonyl (C=O) groups excluding carboxylic acids is 1. The molecule has 0 bridgehead atoms. The number of carbonyl (C=O) groups is 1. The molecule has 0 aromatic carbocycles. The third-order valence-electron chi connectivity index (χ3n) is 8.86. The van der Waals surface area contributed by atoms with Crippen molar-refractivity contribution in [1.82, 2.24) is 0 Å². The highest BCUT2D eigenvalue weighted by Gasteiger charge is 2.60. The minimum absolute atomic E-state index is 0.0618. The van der Waals surface area contributed by atoms with Gasteiger partial charge in [-0.05, 0) is 86.9 Å². The van der Waals surface area contributed by atoms with Crippen molar-refractivity contribution in [3.8, 4) is 0 Å². The number of hydrogen-bond acceptors (Lipinski definition) is 3. The van der Waals surface area contributed by atoms with E-state index in [1.165, 1.54) is 38.5 Å². The predicted molar refractivity (Wildman–Crippen MR) is 93.3 cm³/mol. The van der Waals surface area contributed by atoms with E-state index in [-0.39, 0.29) is 23.6 Å². The van der Waals surface area contributed by atoms with Gasteiger partial charge in [-0.1, -0.05) is 13.8 Å². The maximum absolute atomic E-state index is 11.5. The summed E-state index contributed by atoms with van der Waals surface area (Å²) in [6, 6.07) is 0. The highest BCUT2D eigenvalue weighted by Crippen LogP contribution is 2.66. The van der Waals surface area contributed by atoms with Crippen molar-refractivity contribution < 1.29 is 14.6 Å². The molecule has 0 radical (unpaired) electrons. The molecule has 0 aromatic heterocycles. The summed E-state index contributed by atoms with van der Waals surface area (Å²) in [6.07, 6.45) is 10.7. The molecule has 4 rings (SSSR count). The Labute approximate surface area is 146 Å². The number of esters is 1. The van der Waals surface area contributed by atoms with Crippen LogP contribution in [0.15, 0.2) is 0 Å². The van der Waals surface area contributed by atoms with Crippen molar-refractivity contribution in [1.29, 1.82) is 0 Å². The summed E-state index contributed by atoms with van der Waals surface area (Å²) in [6.45, 7) is 6.48. The Morgan fingerprint density at radius 1 is 0.958 bits per heavy atom. The van der Waals surface area contributed by atoms with Crippen LogP contribution >= 0.6 is 0 Å². The Morgan fingerprint density at radius 2 is 1.67 bits per heavy atom. The zero-order valence-corrected chi connectivity index (χ0v) is 15.6. The van der Waals surface area contributed by atoms with Gasteiger partial charge in [0.1, 0.15) is 6.10 Å². The SMILES string of the molecule is CC(=O)O[C@H]1CC[C@H]2[C@@H]3CC[C@H]4C[C@@H](O)CC[C@]4(C)[C@H]3CC[C@]12C. The van der Waals surface area contributed by atoms with E-state index >= 15 is 0 Å². The summed E-state index contributed by atoms with van der Waals surface area (Å²) in [5, 5.41) is 10.1. The molecule has 4 fully saturated rings. The monoisotopic (exact) mass is 334 g/mol. The first-order chi connectivity index (χ1) is 11.3. The van der Waals surface area contributed by atoms with E-state index in [1.807, 2.05) is 0 Å². The topological polar surface area (TPSA) is 46.5 Å². The molecule has 8 atom stereocenters. The quantitative estimate of drug-likeness (QED) is 0.726. The summed E-state index contributed by atoms with van der Waals surface area (Å²) < 4.78 is 5.74. The van der Waals surface area contributed by atoms with Gasteiger partial charge >= 0.3 is 5.97 Å². The number of rotatable bonds is 1. The summed E-state index contributed by atoms with van der Waals surface area (Å²) in [4.78, 5) is 11.5. The molecule has 3 nitrogen and oxygen atoms in total. The first kappa shape index (κ1) is 16.9. The summed E-state index contributed by atoms with van der Waals surface area (Å²) in [5.74, 6) is 2.96. The molecule has 0 saturated heterocycles. The number of aliphatic hydroxyl groups excluding tert-OH is 1. The van der Waals surface area contributed by atoms with Gasteiger partial charge in [-0.2, -0.15) is 0 Å². The van der Waals surface area contributed by atoms with Gasteiger partial charge < -0.3 is 9.84 Å².